The number of halogens is 3. The minimum absolute atomic E-state index is 0.0722. The van der Waals surface area contributed by atoms with Crippen molar-refractivity contribution in [3.63, 3.8) is 0 Å². The first-order valence-corrected chi connectivity index (χ1v) is 6.51. The third kappa shape index (κ3) is 3.26. The standard InChI is InChI=1S/C13H16F3N3O2/c1-12(2)6-3-7-18(12)17-10-5-4-9(13(14,15)16)8-11(10)19(20)21/h4-5,8,17H,3,6-7H2,1-2H3. The second kappa shape index (κ2) is 5.18. The van der Waals surface area contributed by atoms with Gasteiger partial charge < -0.3 is 5.43 Å². The molecule has 2 rings (SSSR count). The molecule has 5 nitrogen and oxygen atoms in total. The lowest BCUT2D eigenvalue weighted by Gasteiger charge is -2.32. The Morgan fingerprint density at radius 2 is 2.05 bits per heavy atom. The van der Waals surface area contributed by atoms with Crippen LogP contribution in [0.2, 0.25) is 0 Å². The molecule has 116 valence electrons. The summed E-state index contributed by atoms with van der Waals surface area (Å²) in [5.74, 6) is 0. The zero-order valence-electron chi connectivity index (χ0n) is 11.7. The smallest absolute Gasteiger partial charge is 0.312 e. The summed E-state index contributed by atoms with van der Waals surface area (Å²) in [6.45, 7) is 4.64. The Bertz CT molecular complexity index is 558. The molecule has 0 unspecified atom stereocenters. The number of alkyl halides is 3. The monoisotopic (exact) mass is 303 g/mol. The number of nitro benzene ring substituents is 1. The minimum Gasteiger partial charge on any atom is -0.312 e. The Hall–Kier alpha value is -1.83. The molecule has 0 saturated carbocycles. The largest absolute Gasteiger partial charge is 0.416 e. The lowest BCUT2D eigenvalue weighted by atomic mass is 10.0. The maximum Gasteiger partial charge on any atom is 0.416 e. The molecule has 0 aromatic heterocycles. The number of nitrogens with one attached hydrogen (secondary N) is 1. The first kappa shape index (κ1) is 15.6. The number of nitro groups is 1. The van der Waals surface area contributed by atoms with E-state index in [1.54, 1.807) is 0 Å². The zero-order chi connectivity index (χ0) is 15.8. The highest BCUT2D eigenvalue weighted by Crippen LogP contribution is 2.36. The van der Waals surface area contributed by atoms with Crippen LogP contribution in [0, 0.1) is 10.1 Å². The average molecular weight is 303 g/mol. The second-order valence-electron chi connectivity index (χ2n) is 5.67. The first-order valence-electron chi connectivity index (χ1n) is 6.51. The molecule has 1 saturated heterocycles. The van der Waals surface area contributed by atoms with E-state index in [2.05, 4.69) is 5.43 Å². The molecule has 1 aliphatic heterocycles. The summed E-state index contributed by atoms with van der Waals surface area (Å²) in [5.41, 5.74) is 1.15. The summed E-state index contributed by atoms with van der Waals surface area (Å²) in [5, 5.41) is 12.8. The van der Waals surface area contributed by atoms with Crippen molar-refractivity contribution in [2.75, 3.05) is 12.0 Å². The molecule has 0 amide bonds. The summed E-state index contributed by atoms with van der Waals surface area (Å²) in [4.78, 5) is 10.2. The van der Waals surface area contributed by atoms with Gasteiger partial charge in [-0.05, 0) is 38.8 Å². The van der Waals surface area contributed by atoms with Crippen molar-refractivity contribution in [2.45, 2.75) is 38.4 Å². The van der Waals surface area contributed by atoms with Crippen LogP contribution in [0.15, 0.2) is 18.2 Å². The van der Waals surface area contributed by atoms with Crippen molar-refractivity contribution in [1.82, 2.24) is 5.01 Å². The summed E-state index contributed by atoms with van der Waals surface area (Å²) >= 11 is 0. The highest BCUT2D eigenvalue weighted by Gasteiger charge is 2.35. The van der Waals surface area contributed by atoms with Gasteiger partial charge in [0.15, 0.2) is 0 Å². The maximum atomic E-state index is 12.6. The highest BCUT2D eigenvalue weighted by atomic mass is 19.4. The molecule has 0 spiro atoms. The maximum absolute atomic E-state index is 12.6. The number of nitrogens with zero attached hydrogens (tertiary/aromatic N) is 2. The van der Waals surface area contributed by atoms with Gasteiger partial charge in [-0.2, -0.15) is 13.2 Å². The lowest BCUT2D eigenvalue weighted by Crippen LogP contribution is -2.42. The van der Waals surface area contributed by atoms with Crippen molar-refractivity contribution >= 4 is 11.4 Å². The van der Waals surface area contributed by atoms with E-state index in [9.17, 15) is 23.3 Å². The van der Waals surface area contributed by atoms with Crippen molar-refractivity contribution < 1.29 is 18.1 Å². The van der Waals surface area contributed by atoms with Crippen molar-refractivity contribution in [3.8, 4) is 0 Å². The topological polar surface area (TPSA) is 58.4 Å². The van der Waals surface area contributed by atoms with Gasteiger partial charge in [0.25, 0.3) is 5.69 Å². The van der Waals surface area contributed by atoms with Crippen LogP contribution in [-0.4, -0.2) is 22.0 Å². The summed E-state index contributed by atoms with van der Waals surface area (Å²) in [7, 11) is 0. The average Bonchev–Trinajstić information content (AvgIpc) is 2.67. The van der Waals surface area contributed by atoms with E-state index in [1.165, 1.54) is 0 Å². The van der Waals surface area contributed by atoms with Gasteiger partial charge in [-0.3, -0.25) is 10.1 Å². The molecular weight excluding hydrogens is 287 g/mol. The minimum atomic E-state index is -4.60. The Morgan fingerprint density at radius 1 is 1.38 bits per heavy atom. The van der Waals surface area contributed by atoms with Gasteiger partial charge in [-0.25, -0.2) is 5.01 Å². The fraction of sp³-hybridized carbons (Fsp3) is 0.538. The van der Waals surface area contributed by atoms with Crippen LogP contribution in [0.3, 0.4) is 0 Å². The Labute approximate surface area is 119 Å². The number of anilines is 1. The molecule has 8 heteroatoms. The molecule has 1 fully saturated rings. The summed E-state index contributed by atoms with van der Waals surface area (Å²) < 4.78 is 37.9. The molecule has 1 aromatic rings. The molecule has 1 aromatic carbocycles. The van der Waals surface area contributed by atoms with Crippen LogP contribution in [0.1, 0.15) is 32.3 Å². The van der Waals surface area contributed by atoms with Gasteiger partial charge in [-0.15, -0.1) is 0 Å². The van der Waals surface area contributed by atoms with Gasteiger partial charge in [0.1, 0.15) is 5.69 Å². The first-order chi connectivity index (χ1) is 9.61. The quantitative estimate of drug-likeness (QED) is 0.681. The predicted octanol–water partition coefficient (Wildman–Crippen LogP) is 3.81. The molecule has 0 atom stereocenters. The number of hydrogen-bond donors (Lipinski definition) is 1. The molecule has 0 aliphatic carbocycles. The molecular formula is C13H16F3N3O2. The normalized spacial score (nSPS) is 18.7. The van der Waals surface area contributed by atoms with Crippen molar-refractivity contribution in [2.24, 2.45) is 0 Å². The predicted molar refractivity (Wildman–Crippen MR) is 71.7 cm³/mol. The van der Waals surface area contributed by atoms with E-state index in [4.69, 9.17) is 0 Å². The zero-order valence-corrected chi connectivity index (χ0v) is 11.7. The fourth-order valence-corrected chi connectivity index (χ4v) is 2.41. The third-order valence-corrected chi connectivity index (χ3v) is 3.68. The van der Waals surface area contributed by atoms with Gasteiger partial charge in [0, 0.05) is 18.2 Å². The number of hydrogen-bond acceptors (Lipinski definition) is 4. The second-order valence-corrected chi connectivity index (χ2v) is 5.67. The van der Waals surface area contributed by atoms with E-state index < -0.39 is 22.4 Å². The van der Waals surface area contributed by atoms with Gasteiger partial charge in [0.2, 0.25) is 0 Å². The molecule has 21 heavy (non-hydrogen) atoms. The van der Waals surface area contributed by atoms with Crippen LogP contribution < -0.4 is 5.43 Å². The van der Waals surface area contributed by atoms with E-state index >= 15 is 0 Å². The number of benzene rings is 1. The lowest BCUT2D eigenvalue weighted by molar-refractivity contribution is -0.384. The highest BCUT2D eigenvalue weighted by molar-refractivity contribution is 5.62. The van der Waals surface area contributed by atoms with E-state index in [0.29, 0.717) is 12.6 Å². The molecule has 0 radical (unpaired) electrons. The van der Waals surface area contributed by atoms with Crippen molar-refractivity contribution in [1.29, 1.82) is 0 Å². The van der Waals surface area contributed by atoms with Gasteiger partial charge >= 0.3 is 6.18 Å². The number of rotatable bonds is 3. The van der Waals surface area contributed by atoms with Crippen LogP contribution in [0.5, 0.6) is 0 Å². The Morgan fingerprint density at radius 3 is 2.52 bits per heavy atom. The Kier molecular flexibility index (Phi) is 3.83. The van der Waals surface area contributed by atoms with Crippen LogP contribution in [0.25, 0.3) is 0 Å². The molecule has 1 N–H and O–H groups in total. The summed E-state index contributed by atoms with van der Waals surface area (Å²) in [6, 6.07) is 2.51. The fourth-order valence-electron chi connectivity index (χ4n) is 2.41. The van der Waals surface area contributed by atoms with Crippen molar-refractivity contribution in [3.05, 3.63) is 33.9 Å². The van der Waals surface area contributed by atoms with Gasteiger partial charge in [-0.1, -0.05) is 0 Å². The molecule has 0 bridgehead atoms. The number of hydrazine groups is 1. The third-order valence-electron chi connectivity index (χ3n) is 3.68. The van der Waals surface area contributed by atoms with E-state index in [1.807, 2.05) is 18.9 Å². The van der Waals surface area contributed by atoms with Crippen LogP contribution in [-0.2, 0) is 6.18 Å². The van der Waals surface area contributed by atoms with Crippen LogP contribution >= 0.6 is 0 Å². The van der Waals surface area contributed by atoms with Crippen LogP contribution in [0.4, 0.5) is 24.5 Å². The molecule has 1 aliphatic rings. The Balaban J connectivity index is 2.33. The summed E-state index contributed by atoms with van der Waals surface area (Å²) in [6.07, 6.45) is -2.76. The van der Waals surface area contributed by atoms with Gasteiger partial charge in [0.05, 0.1) is 10.5 Å². The molecule has 1 heterocycles. The van der Waals surface area contributed by atoms with E-state index in [0.717, 1.165) is 25.0 Å². The van der Waals surface area contributed by atoms with E-state index in [-0.39, 0.29) is 11.2 Å². The SMILES string of the molecule is CC1(C)CCCN1Nc1ccc(C(F)(F)F)cc1[N+](=O)[O-].